The Labute approximate surface area is 198 Å². The van der Waals surface area contributed by atoms with E-state index < -0.39 is 5.56 Å². The standard InChI is InChI=1S/C25H32N4O5/c1-4-5-10-16-20(21-17(32-2)11-9-12-18(21)33-3)23(30)22(24(31)26-16)25-28-27-19(34-25)15-29-13-7-6-8-14-29/h9,11-12H,4-8,10,13-15H2,1-3H3,(H2,26,30,31). The predicted molar refractivity (Wildman–Crippen MR) is 128 cm³/mol. The molecule has 9 heteroatoms. The molecule has 9 nitrogen and oxygen atoms in total. The van der Waals surface area contributed by atoms with Crippen LogP contribution >= 0.6 is 0 Å². The summed E-state index contributed by atoms with van der Waals surface area (Å²) >= 11 is 0. The lowest BCUT2D eigenvalue weighted by molar-refractivity contribution is 0.202. The number of nitrogens with zero attached hydrogens (tertiary/aromatic N) is 3. The van der Waals surface area contributed by atoms with Gasteiger partial charge >= 0.3 is 0 Å². The third kappa shape index (κ3) is 4.79. The van der Waals surface area contributed by atoms with E-state index in [9.17, 15) is 9.90 Å². The first-order chi connectivity index (χ1) is 16.6. The first-order valence-electron chi connectivity index (χ1n) is 11.8. The molecular weight excluding hydrogens is 436 g/mol. The summed E-state index contributed by atoms with van der Waals surface area (Å²) in [6.07, 6.45) is 5.85. The monoisotopic (exact) mass is 468 g/mol. The SMILES string of the molecule is CCCCc1[nH]c(=O)c(-c2nnc(CN3CCCCC3)o2)c(O)c1-c1c(OC)cccc1OC. The Balaban J connectivity index is 1.83. The molecule has 3 aromatic rings. The van der Waals surface area contributed by atoms with Gasteiger partial charge in [0.05, 0.1) is 31.9 Å². The van der Waals surface area contributed by atoms with E-state index in [0.717, 1.165) is 38.8 Å². The molecule has 0 unspecified atom stereocenters. The number of H-pyrrole nitrogens is 1. The minimum atomic E-state index is -0.477. The van der Waals surface area contributed by atoms with Gasteiger partial charge in [0.25, 0.3) is 11.4 Å². The molecule has 4 rings (SSSR count). The number of aromatic amines is 1. The van der Waals surface area contributed by atoms with Gasteiger partial charge in [0.15, 0.2) is 0 Å². The fourth-order valence-corrected chi connectivity index (χ4v) is 4.47. The third-order valence-electron chi connectivity index (χ3n) is 6.21. The Morgan fingerprint density at radius 3 is 2.41 bits per heavy atom. The molecule has 0 spiro atoms. The summed E-state index contributed by atoms with van der Waals surface area (Å²) < 4.78 is 17.0. The van der Waals surface area contributed by atoms with Crippen molar-refractivity contribution in [3.05, 3.63) is 40.1 Å². The average molecular weight is 469 g/mol. The molecule has 0 atom stereocenters. The molecule has 34 heavy (non-hydrogen) atoms. The fraction of sp³-hybridized carbons (Fsp3) is 0.480. The molecule has 1 aliphatic rings. The second-order valence-corrected chi connectivity index (χ2v) is 8.51. The van der Waals surface area contributed by atoms with E-state index in [4.69, 9.17) is 13.9 Å². The number of rotatable bonds is 9. The molecule has 1 aliphatic heterocycles. The molecule has 1 saturated heterocycles. The summed E-state index contributed by atoms with van der Waals surface area (Å²) in [6, 6.07) is 5.38. The second kappa shape index (κ2) is 10.7. The Morgan fingerprint density at radius 2 is 1.76 bits per heavy atom. The summed E-state index contributed by atoms with van der Waals surface area (Å²) in [6.45, 7) is 4.55. The zero-order chi connectivity index (χ0) is 24.1. The van der Waals surface area contributed by atoms with Crippen LogP contribution in [0.5, 0.6) is 17.2 Å². The Hall–Kier alpha value is -3.33. The number of aromatic nitrogens is 3. The van der Waals surface area contributed by atoms with Crippen LogP contribution in [0.25, 0.3) is 22.6 Å². The number of hydrogen-bond donors (Lipinski definition) is 2. The summed E-state index contributed by atoms with van der Waals surface area (Å²) in [5.41, 5.74) is 1.06. The summed E-state index contributed by atoms with van der Waals surface area (Å²) in [5.74, 6) is 1.21. The third-order valence-corrected chi connectivity index (χ3v) is 6.21. The van der Waals surface area contributed by atoms with E-state index in [1.165, 1.54) is 6.42 Å². The maximum Gasteiger partial charge on any atom is 0.264 e. The van der Waals surface area contributed by atoms with Crippen molar-refractivity contribution in [2.75, 3.05) is 27.3 Å². The van der Waals surface area contributed by atoms with E-state index in [1.54, 1.807) is 32.4 Å². The highest BCUT2D eigenvalue weighted by molar-refractivity contribution is 5.86. The van der Waals surface area contributed by atoms with E-state index in [2.05, 4.69) is 27.0 Å². The molecule has 0 aliphatic carbocycles. The molecule has 0 saturated carbocycles. The van der Waals surface area contributed by atoms with Crippen molar-refractivity contribution in [3.8, 4) is 39.8 Å². The van der Waals surface area contributed by atoms with Gasteiger partial charge in [-0.05, 0) is 50.9 Å². The molecule has 3 heterocycles. The highest BCUT2D eigenvalue weighted by atomic mass is 16.5. The van der Waals surface area contributed by atoms with Crippen LogP contribution in [0, 0.1) is 0 Å². The van der Waals surface area contributed by atoms with Crippen molar-refractivity contribution in [2.45, 2.75) is 52.0 Å². The van der Waals surface area contributed by atoms with Gasteiger partial charge in [-0.15, -0.1) is 10.2 Å². The number of piperidine rings is 1. The quantitative estimate of drug-likeness (QED) is 0.482. The van der Waals surface area contributed by atoms with Crippen LogP contribution in [-0.2, 0) is 13.0 Å². The highest BCUT2D eigenvalue weighted by Crippen LogP contribution is 2.46. The zero-order valence-electron chi connectivity index (χ0n) is 20.0. The van der Waals surface area contributed by atoms with Gasteiger partial charge in [-0.3, -0.25) is 9.69 Å². The summed E-state index contributed by atoms with van der Waals surface area (Å²) in [5, 5.41) is 19.7. The molecule has 1 aromatic carbocycles. The van der Waals surface area contributed by atoms with Gasteiger partial charge < -0.3 is 24.0 Å². The number of ether oxygens (including phenoxy) is 2. The van der Waals surface area contributed by atoms with Gasteiger partial charge in [0.1, 0.15) is 22.8 Å². The zero-order valence-corrected chi connectivity index (χ0v) is 20.0. The maximum atomic E-state index is 13.1. The molecule has 0 bridgehead atoms. The van der Waals surface area contributed by atoms with Crippen molar-refractivity contribution in [1.82, 2.24) is 20.1 Å². The molecule has 2 aromatic heterocycles. The van der Waals surface area contributed by atoms with Crippen LogP contribution in [0.3, 0.4) is 0 Å². The van der Waals surface area contributed by atoms with Crippen LogP contribution in [0.15, 0.2) is 27.4 Å². The van der Waals surface area contributed by atoms with Gasteiger partial charge in [0, 0.05) is 5.69 Å². The Bertz CT molecular complexity index is 1160. The van der Waals surface area contributed by atoms with Crippen molar-refractivity contribution in [2.24, 2.45) is 0 Å². The van der Waals surface area contributed by atoms with E-state index in [1.807, 2.05) is 0 Å². The van der Waals surface area contributed by atoms with Crippen molar-refractivity contribution in [1.29, 1.82) is 0 Å². The predicted octanol–water partition coefficient (Wildman–Crippen LogP) is 4.14. The number of aromatic hydroxyl groups is 1. The van der Waals surface area contributed by atoms with Gasteiger partial charge in [-0.25, -0.2) is 0 Å². The van der Waals surface area contributed by atoms with Crippen LogP contribution in [0.1, 0.15) is 50.6 Å². The first kappa shape index (κ1) is 23.8. The van der Waals surface area contributed by atoms with Crippen molar-refractivity contribution >= 4 is 0 Å². The lowest BCUT2D eigenvalue weighted by Gasteiger charge is -2.24. The summed E-state index contributed by atoms with van der Waals surface area (Å²) in [7, 11) is 3.11. The largest absolute Gasteiger partial charge is 0.506 e. The normalized spacial score (nSPS) is 14.3. The minimum Gasteiger partial charge on any atom is -0.506 e. The molecule has 182 valence electrons. The van der Waals surface area contributed by atoms with Crippen LogP contribution < -0.4 is 15.0 Å². The number of benzene rings is 1. The molecular formula is C25H32N4O5. The first-order valence-corrected chi connectivity index (χ1v) is 11.8. The highest BCUT2D eigenvalue weighted by Gasteiger charge is 2.27. The van der Waals surface area contributed by atoms with Gasteiger partial charge in [-0.1, -0.05) is 25.8 Å². The number of nitrogens with one attached hydrogen (secondary N) is 1. The van der Waals surface area contributed by atoms with Crippen LogP contribution in [0.2, 0.25) is 0 Å². The average Bonchev–Trinajstić information content (AvgIpc) is 3.30. The van der Waals surface area contributed by atoms with E-state index in [0.29, 0.717) is 47.2 Å². The van der Waals surface area contributed by atoms with Gasteiger partial charge in [0.2, 0.25) is 5.89 Å². The number of aryl methyl sites for hydroxylation is 1. The Morgan fingerprint density at radius 1 is 1.06 bits per heavy atom. The molecule has 0 radical (unpaired) electrons. The lowest BCUT2D eigenvalue weighted by Crippen LogP contribution is -2.29. The lowest BCUT2D eigenvalue weighted by atomic mass is 9.96. The van der Waals surface area contributed by atoms with Crippen molar-refractivity contribution < 1.29 is 19.0 Å². The Kier molecular flexibility index (Phi) is 7.52. The van der Waals surface area contributed by atoms with Crippen LogP contribution in [-0.4, -0.2) is 52.5 Å². The number of pyridine rings is 1. The maximum absolute atomic E-state index is 13.1. The summed E-state index contributed by atoms with van der Waals surface area (Å²) in [4.78, 5) is 18.3. The minimum absolute atomic E-state index is 0.0112. The van der Waals surface area contributed by atoms with Crippen molar-refractivity contribution in [3.63, 3.8) is 0 Å². The molecule has 0 amide bonds. The van der Waals surface area contributed by atoms with E-state index >= 15 is 0 Å². The topological polar surface area (TPSA) is 114 Å². The smallest absolute Gasteiger partial charge is 0.264 e. The van der Waals surface area contributed by atoms with E-state index in [-0.39, 0.29) is 17.2 Å². The second-order valence-electron chi connectivity index (χ2n) is 8.51. The molecule has 1 fully saturated rings. The number of methoxy groups -OCH3 is 2. The number of likely N-dealkylation sites (tertiary alicyclic amines) is 1. The number of unbranched alkanes of at least 4 members (excludes halogenated alkanes) is 1. The molecule has 2 N–H and O–H groups in total. The van der Waals surface area contributed by atoms with Gasteiger partial charge in [-0.2, -0.15) is 0 Å². The fourth-order valence-electron chi connectivity index (χ4n) is 4.47. The number of hydrogen-bond acceptors (Lipinski definition) is 8. The van der Waals surface area contributed by atoms with Crippen LogP contribution in [0.4, 0.5) is 0 Å².